The van der Waals surface area contributed by atoms with Crippen molar-refractivity contribution in [3.63, 3.8) is 0 Å². The summed E-state index contributed by atoms with van der Waals surface area (Å²) in [4.78, 5) is 18.3. The molecule has 0 unspecified atom stereocenters. The van der Waals surface area contributed by atoms with Crippen LogP contribution in [0, 0.1) is 19.3 Å². The minimum Gasteiger partial charge on any atom is -0.397 e. The molecule has 5 heteroatoms. The lowest BCUT2D eigenvalue weighted by atomic mass is 9.70. The van der Waals surface area contributed by atoms with Gasteiger partial charge >= 0.3 is 0 Å². The van der Waals surface area contributed by atoms with Gasteiger partial charge in [-0.25, -0.2) is 4.98 Å². The summed E-state index contributed by atoms with van der Waals surface area (Å²) in [5.74, 6) is -0.0688. The SMILES string of the molecule is Cc1cc(C)c2c(N)c(C(=O)NCC3(C)CCC3)sc2n1. The number of nitrogen functional groups attached to an aromatic ring is 1. The molecule has 1 saturated carbocycles. The minimum atomic E-state index is -0.0688. The van der Waals surface area contributed by atoms with E-state index in [0.717, 1.165) is 28.0 Å². The molecule has 1 aliphatic rings. The van der Waals surface area contributed by atoms with E-state index in [4.69, 9.17) is 5.73 Å². The van der Waals surface area contributed by atoms with Crippen molar-refractivity contribution >= 4 is 33.1 Å². The maximum atomic E-state index is 12.4. The molecule has 2 aromatic rings. The predicted octanol–water partition coefficient (Wildman–Crippen LogP) is 3.42. The quantitative estimate of drug-likeness (QED) is 0.913. The Balaban J connectivity index is 1.88. The number of carbonyl (C=O) groups excluding carboxylic acids is 1. The van der Waals surface area contributed by atoms with Gasteiger partial charge in [0.1, 0.15) is 9.71 Å². The number of nitrogens with one attached hydrogen (secondary N) is 1. The third kappa shape index (κ3) is 2.50. The van der Waals surface area contributed by atoms with Gasteiger partial charge in [0.25, 0.3) is 5.91 Å². The highest BCUT2D eigenvalue weighted by Gasteiger charge is 2.32. The highest BCUT2D eigenvalue weighted by atomic mass is 32.1. The van der Waals surface area contributed by atoms with Gasteiger partial charge in [-0.1, -0.05) is 13.3 Å². The van der Waals surface area contributed by atoms with Crippen LogP contribution in [-0.2, 0) is 0 Å². The average Bonchev–Trinajstić information content (AvgIpc) is 2.71. The van der Waals surface area contributed by atoms with E-state index in [-0.39, 0.29) is 11.3 Å². The summed E-state index contributed by atoms with van der Waals surface area (Å²) in [5.41, 5.74) is 9.06. The number of rotatable bonds is 3. The van der Waals surface area contributed by atoms with E-state index in [1.165, 1.54) is 30.6 Å². The summed E-state index contributed by atoms with van der Waals surface area (Å²) < 4.78 is 0. The number of nitrogens with two attached hydrogens (primary N) is 1. The van der Waals surface area contributed by atoms with Crippen molar-refractivity contribution in [2.75, 3.05) is 12.3 Å². The summed E-state index contributed by atoms with van der Waals surface area (Å²) in [6.45, 7) is 6.92. The average molecular weight is 303 g/mol. The van der Waals surface area contributed by atoms with E-state index in [9.17, 15) is 4.79 Å². The number of hydrogen-bond donors (Lipinski definition) is 2. The molecular formula is C16H21N3OS. The van der Waals surface area contributed by atoms with Crippen molar-refractivity contribution in [3.8, 4) is 0 Å². The molecule has 3 N–H and O–H groups in total. The number of pyridine rings is 1. The van der Waals surface area contributed by atoms with Crippen LogP contribution >= 0.6 is 11.3 Å². The standard InChI is InChI=1S/C16H21N3OS/c1-9-7-10(2)19-15-11(9)12(17)13(21-15)14(20)18-8-16(3)5-4-6-16/h7H,4-6,8,17H2,1-3H3,(H,18,20). The molecule has 0 aromatic carbocycles. The molecule has 21 heavy (non-hydrogen) atoms. The van der Waals surface area contributed by atoms with Crippen LogP contribution in [-0.4, -0.2) is 17.4 Å². The third-order valence-corrected chi connectivity index (χ3v) is 5.56. The van der Waals surface area contributed by atoms with Crippen LogP contribution in [0.3, 0.4) is 0 Å². The maximum absolute atomic E-state index is 12.4. The second-order valence-corrected chi connectivity index (χ2v) is 7.45. The fraction of sp³-hybridized carbons (Fsp3) is 0.500. The monoisotopic (exact) mass is 303 g/mol. The molecule has 0 atom stereocenters. The van der Waals surface area contributed by atoms with Gasteiger partial charge in [-0.3, -0.25) is 4.79 Å². The molecule has 2 heterocycles. The highest BCUT2D eigenvalue weighted by Crippen LogP contribution is 2.40. The minimum absolute atomic E-state index is 0.0688. The Morgan fingerprint density at radius 3 is 2.81 bits per heavy atom. The zero-order valence-corrected chi connectivity index (χ0v) is 13.6. The van der Waals surface area contributed by atoms with Crippen LogP contribution < -0.4 is 11.1 Å². The lowest BCUT2D eigenvalue weighted by Gasteiger charge is -2.38. The molecule has 0 bridgehead atoms. The Hall–Kier alpha value is -1.62. The first-order chi connectivity index (χ1) is 9.89. The molecule has 0 saturated heterocycles. The lowest BCUT2D eigenvalue weighted by Crippen LogP contribution is -2.39. The summed E-state index contributed by atoms with van der Waals surface area (Å²) >= 11 is 1.39. The van der Waals surface area contributed by atoms with Gasteiger partial charge in [0.2, 0.25) is 0 Å². The molecule has 1 aliphatic carbocycles. The first-order valence-electron chi connectivity index (χ1n) is 7.34. The fourth-order valence-electron chi connectivity index (χ4n) is 2.97. The second kappa shape index (κ2) is 4.98. The largest absolute Gasteiger partial charge is 0.397 e. The van der Waals surface area contributed by atoms with E-state index in [2.05, 4.69) is 17.2 Å². The molecule has 0 radical (unpaired) electrons. The van der Waals surface area contributed by atoms with Crippen molar-refractivity contribution in [1.82, 2.24) is 10.3 Å². The number of anilines is 1. The van der Waals surface area contributed by atoms with Crippen LogP contribution in [0.5, 0.6) is 0 Å². The molecule has 112 valence electrons. The third-order valence-electron chi connectivity index (χ3n) is 4.47. The van der Waals surface area contributed by atoms with Gasteiger partial charge < -0.3 is 11.1 Å². The zero-order valence-electron chi connectivity index (χ0n) is 12.7. The van der Waals surface area contributed by atoms with Crippen LogP contribution in [0.4, 0.5) is 5.69 Å². The maximum Gasteiger partial charge on any atom is 0.263 e. The molecular weight excluding hydrogens is 282 g/mol. The van der Waals surface area contributed by atoms with Gasteiger partial charge in [0, 0.05) is 17.6 Å². The van der Waals surface area contributed by atoms with Crippen molar-refractivity contribution < 1.29 is 4.79 Å². The number of aryl methyl sites for hydroxylation is 2. The second-order valence-electron chi connectivity index (χ2n) is 6.45. The van der Waals surface area contributed by atoms with E-state index in [1.807, 2.05) is 19.9 Å². The van der Waals surface area contributed by atoms with Gasteiger partial charge in [-0.2, -0.15) is 0 Å². The first-order valence-corrected chi connectivity index (χ1v) is 8.16. The van der Waals surface area contributed by atoms with Crippen LogP contribution in [0.1, 0.15) is 47.1 Å². The van der Waals surface area contributed by atoms with Crippen LogP contribution in [0.2, 0.25) is 0 Å². The molecule has 4 nitrogen and oxygen atoms in total. The molecule has 2 aromatic heterocycles. The number of nitrogens with zero attached hydrogens (tertiary/aromatic N) is 1. The Kier molecular flexibility index (Phi) is 3.40. The van der Waals surface area contributed by atoms with Gasteiger partial charge in [0.05, 0.1) is 5.69 Å². The topological polar surface area (TPSA) is 68.0 Å². The normalized spacial score (nSPS) is 16.7. The van der Waals surface area contributed by atoms with Gasteiger partial charge in [-0.05, 0) is 43.7 Å². The summed E-state index contributed by atoms with van der Waals surface area (Å²) in [6, 6.07) is 2.00. The summed E-state index contributed by atoms with van der Waals surface area (Å²) in [6.07, 6.45) is 3.64. The number of aromatic nitrogens is 1. The van der Waals surface area contributed by atoms with E-state index < -0.39 is 0 Å². The molecule has 3 rings (SSSR count). The zero-order chi connectivity index (χ0) is 15.2. The van der Waals surface area contributed by atoms with Gasteiger partial charge in [-0.15, -0.1) is 11.3 Å². The Labute approximate surface area is 128 Å². The molecule has 0 aliphatic heterocycles. The molecule has 1 fully saturated rings. The predicted molar refractivity (Wildman–Crippen MR) is 87.8 cm³/mol. The smallest absolute Gasteiger partial charge is 0.263 e. The van der Waals surface area contributed by atoms with Crippen molar-refractivity contribution in [2.24, 2.45) is 5.41 Å². The van der Waals surface area contributed by atoms with Crippen molar-refractivity contribution in [1.29, 1.82) is 0 Å². The number of carbonyl (C=O) groups is 1. The van der Waals surface area contributed by atoms with Crippen LogP contribution in [0.15, 0.2) is 6.07 Å². The highest BCUT2D eigenvalue weighted by molar-refractivity contribution is 7.21. The van der Waals surface area contributed by atoms with E-state index in [1.54, 1.807) is 0 Å². The Morgan fingerprint density at radius 1 is 1.48 bits per heavy atom. The Bertz CT molecular complexity index is 716. The van der Waals surface area contributed by atoms with E-state index >= 15 is 0 Å². The molecule has 0 spiro atoms. The summed E-state index contributed by atoms with van der Waals surface area (Å²) in [5, 5.41) is 3.96. The number of fused-ring (bicyclic) bond motifs is 1. The van der Waals surface area contributed by atoms with Gasteiger partial charge in [0.15, 0.2) is 0 Å². The summed E-state index contributed by atoms with van der Waals surface area (Å²) in [7, 11) is 0. The fourth-order valence-corrected chi connectivity index (χ4v) is 4.10. The Morgan fingerprint density at radius 2 is 2.19 bits per heavy atom. The first kappa shape index (κ1) is 14.3. The molecule has 1 amide bonds. The van der Waals surface area contributed by atoms with E-state index in [0.29, 0.717) is 10.6 Å². The van der Waals surface area contributed by atoms with Crippen LogP contribution in [0.25, 0.3) is 10.2 Å². The lowest BCUT2D eigenvalue weighted by molar-refractivity contribution is 0.0895. The number of amides is 1. The van der Waals surface area contributed by atoms with Crippen molar-refractivity contribution in [2.45, 2.75) is 40.0 Å². The number of thiophene rings is 1. The van der Waals surface area contributed by atoms with Crippen molar-refractivity contribution in [3.05, 3.63) is 22.2 Å². The number of hydrogen-bond acceptors (Lipinski definition) is 4.